The van der Waals surface area contributed by atoms with Crippen molar-refractivity contribution < 1.29 is 19.6 Å². The van der Waals surface area contributed by atoms with Gasteiger partial charge in [-0.3, -0.25) is 10.1 Å². The summed E-state index contributed by atoms with van der Waals surface area (Å²) in [6.07, 6.45) is 0. The first-order chi connectivity index (χ1) is 7.11. The van der Waals surface area contributed by atoms with Gasteiger partial charge in [0.1, 0.15) is 5.56 Å². The van der Waals surface area contributed by atoms with E-state index in [0.717, 1.165) is 7.11 Å². The molecule has 1 rings (SSSR count). The fourth-order valence-corrected chi connectivity index (χ4v) is 1.21. The van der Waals surface area contributed by atoms with Crippen LogP contribution in [0.4, 0.5) is 5.69 Å². The molecular weight excluding hydrogens is 202 g/mol. The minimum absolute atomic E-state index is 0.177. The molecule has 0 amide bonds. The summed E-state index contributed by atoms with van der Waals surface area (Å²) in [5.41, 5.74) is -0.392. The van der Waals surface area contributed by atoms with Gasteiger partial charge < -0.3 is 9.84 Å². The van der Waals surface area contributed by atoms with E-state index in [1.807, 2.05) is 0 Å². The van der Waals surface area contributed by atoms with E-state index >= 15 is 0 Å². The van der Waals surface area contributed by atoms with Crippen molar-refractivity contribution in [2.75, 3.05) is 7.11 Å². The molecule has 0 aromatic heterocycles. The van der Waals surface area contributed by atoms with E-state index in [2.05, 4.69) is 4.74 Å². The number of carbonyl (C=O) groups is 1. The van der Waals surface area contributed by atoms with Crippen molar-refractivity contribution in [3.63, 3.8) is 0 Å². The first-order valence-electron chi connectivity index (χ1n) is 4.07. The maximum absolute atomic E-state index is 11.3. The van der Waals surface area contributed by atoms with Gasteiger partial charge in [0.15, 0.2) is 0 Å². The zero-order valence-corrected chi connectivity index (χ0v) is 7.97. The Morgan fingerprint density at radius 2 is 2.27 bits per heavy atom. The maximum atomic E-state index is 11.3. The van der Waals surface area contributed by atoms with Gasteiger partial charge in [0.05, 0.1) is 18.6 Å². The van der Waals surface area contributed by atoms with Gasteiger partial charge in [-0.15, -0.1) is 0 Å². The number of nitro groups is 1. The number of hydrogen-bond donors (Lipinski definition) is 1. The molecule has 0 fully saturated rings. The van der Waals surface area contributed by atoms with Crippen LogP contribution in [-0.4, -0.2) is 23.1 Å². The van der Waals surface area contributed by atoms with Crippen molar-refractivity contribution in [3.05, 3.63) is 39.4 Å². The SMILES string of the molecule is COC(=O)c1c(CO)cccc1[N+](=O)[O-]. The Morgan fingerprint density at radius 3 is 2.73 bits per heavy atom. The Bertz CT molecular complexity index is 401. The number of aliphatic hydroxyl groups is 1. The molecule has 0 bridgehead atoms. The van der Waals surface area contributed by atoms with Crippen molar-refractivity contribution in [1.29, 1.82) is 0 Å². The van der Waals surface area contributed by atoms with Gasteiger partial charge >= 0.3 is 5.97 Å². The van der Waals surface area contributed by atoms with Crippen LogP contribution < -0.4 is 0 Å². The second-order valence-corrected chi connectivity index (χ2v) is 2.72. The van der Waals surface area contributed by atoms with Crippen molar-refractivity contribution in [2.45, 2.75) is 6.61 Å². The molecule has 6 nitrogen and oxygen atoms in total. The molecule has 0 aliphatic rings. The number of esters is 1. The first kappa shape index (κ1) is 11.1. The average molecular weight is 211 g/mol. The molecule has 0 aliphatic heterocycles. The smallest absolute Gasteiger partial charge is 0.345 e. The third kappa shape index (κ3) is 2.10. The molecule has 6 heteroatoms. The number of ether oxygens (including phenoxy) is 1. The van der Waals surface area contributed by atoms with Crippen LogP contribution in [0.2, 0.25) is 0 Å². The van der Waals surface area contributed by atoms with Gasteiger partial charge in [-0.05, 0) is 5.56 Å². The average Bonchev–Trinajstić information content (AvgIpc) is 2.26. The van der Waals surface area contributed by atoms with Crippen molar-refractivity contribution in [1.82, 2.24) is 0 Å². The van der Waals surface area contributed by atoms with Gasteiger partial charge in [0, 0.05) is 6.07 Å². The Labute approximate surface area is 85.2 Å². The number of rotatable bonds is 3. The number of methoxy groups -OCH3 is 1. The molecule has 15 heavy (non-hydrogen) atoms. The highest BCUT2D eigenvalue weighted by Crippen LogP contribution is 2.23. The summed E-state index contributed by atoms with van der Waals surface area (Å²) in [6, 6.07) is 4.01. The number of nitrogens with zero attached hydrogens (tertiary/aromatic N) is 1. The van der Waals surface area contributed by atoms with Crippen molar-refractivity contribution >= 4 is 11.7 Å². The van der Waals surface area contributed by atoms with Crippen molar-refractivity contribution in [3.8, 4) is 0 Å². The predicted octanol–water partition coefficient (Wildman–Crippen LogP) is 0.874. The molecule has 80 valence electrons. The Morgan fingerprint density at radius 1 is 1.60 bits per heavy atom. The Hall–Kier alpha value is -1.95. The highest BCUT2D eigenvalue weighted by atomic mass is 16.6. The summed E-state index contributed by atoms with van der Waals surface area (Å²) in [5, 5.41) is 19.6. The van der Waals surface area contributed by atoms with E-state index < -0.39 is 17.5 Å². The lowest BCUT2D eigenvalue weighted by atomic mass is 10.1. The van der Waals surface area contributed by atoms with E-state index in [-0.39, 0.29) is 16.8 Å². The number of nitro benzene ring substituents is 1. The molecule has 0 radical (unpaired) electrons. The lowest BCUT2D eigenvalue weighted by molar-refractivity contribution is -0.385. The highest BCUT2D eigenvalue weighted by Gasteiger charge is 2.23. The molecule has 0 heterocycles. The van der Waals surface area contributed by atoms with Crippen LogP contribution in [-0.2, 0) is 11.3 Å². The van der Waals surface area contributed by atoms with Crippen LogP contribution in [0.25, 0.3) is 0 Å². The van der Waals surface area contributed by atoms with Crippen LogP contribution in [0.3, 0.4) is 0 Å². The van der Waals surface area contributed by atoms with Gasteiger partial charge in [0.25, 0.3) is 5.69 Å². The summed E-state index contributed by atoms with van der Waals surface area (Å²) in [4.78, 5) is 21.2. The van der Waals surface area contributed by atoms with Crippen LogP contribution >= 0.6 is 0 Å². The number of hydrogen-bond acceptors (Lipinski definition) is 5. The summed E-state index contributed by atoms with van der Waals surface area (Å²) in [6.45, 7) is -0.452. The maximum Gasteiger partial charge on any atom is 0.345 e. The minimum atomic E-state index is -0.827. The summed E-state index contributed by atoms with van der Waals surface area (Å²) in [5.74, 6) is -0.827. The van der Waals surface area contributed by atoms with E-state index in [4.69, 9.17) is 5.11 Å². The van der Waals surface area contributed by atoms with E-state index in [1.165, 1.54) is 18.2 Å². The van der Waals surface area contributed by atoms with Crippen LogP contribution in [0.5, 0.6) is 0 Å². The zero-order chi connectivity index (χ0) is 11.4. The monoisotopic (exact) mass is 211 g/mol. The largest absolute Gasteiger partial charge is 0.465 e. The molecule has 1 aromatic carbocycles. The molecular formula is C9H9NO5. The third-order valence-corrected chi connectivity index (χ3v) is 1.89. The highest BCUT2D eigenvalue weighted by molar-refractivity contribution is 5.95. The Balaban J connectivity index is 3.40. The third-order valence-electron chi connectivity index (χ3n) is 1.89. The molecule has 0 aliphatic carbocycles. The fourth-order valence-electron chi connectivity index (χ4n) is 1.21. The first-order valence-corrected chi connectivity index (χ1v) is 4.07. The molecule has 1 N–H and O–H groups in total. The van der Waals surface area contributed by atoms with Gasteiger partial charge in [-0.1, -0.05) is 12.1 Å². The summed E-state index contributed by atoms with van der Waals surface area (Å²) >= 11 is 0. The second kappa shape index (κ2) is 4.52. The minimum Gasteiger partial charge on any atom is -0.465 e. The normalized spacial score (nSPS) is 9.73. The van der Waals surface area contributed by atoms with E-state index in [0.29, 0.717) is 0 Å². The summed E-state index contributed by atoms with van der Waals surface area (Å²) in [7, 11) is 1.13. The predicted molar refractivity (Wildman–Crippen MR) is 50.4 cm³/mol. The number of aliphatic hydroxyl groups excluding tert-OH is 1. The molecule has 0 saturated carbocycles. The molecule has 0 spiro atoms. The zero-order valence-electron chi connectivity index (χ0n) is 7.97. The molecule has 0 saturated heterocycles. The van der Waals surface area contributed by atoms with Crippen LogP contribution in [0.1, 0.15) is 15.9 Å². The standard InChI is InChI=1S/C9H9NO5/c1-15-9(12)8-6(5-11)3-2-4-7(8)10(13)14/h2-4,11H,5H2,1H3. The Kier molecular flexibility index (Phi) is 3.35. The van der Waals surface area contributed by atoms with Crippen molar-refractivity contribution in [2.24, 2.45) is 0 Å². The van der Waals surface area contributed by atoms with Gasteiger partial charge in [-0.2, -0.15) is 0 Å². The second-order valence-electron chi connectivity index (χ2n) is 2.72. The number of carbonyl (C=O) groups excluding carboxylic acids is 1. The van der Waals surface area contributed by atoms with E-state index in [1.54, 1.807) is 0 Å². The van der Waals surface area contributed by atoms with Crippen LogP contribution in [0, 0.1) is 10.1 Å². The van der Waals surface area contributed by atoms with Gasteiger partial charge in [0.2, 0.25) is 0 Å². The van der Waals surface area contributed by atoms with Gasteiger partial charge in [-0.25, -0.2) is 4.79 Å². The van der Waals surface area contributed by atoms with E-state index in [9.17, 15) is 14.9 Å². The number of benzene rings is 1. The lowest BCUT2D eigenvalue weighted by Gasteiger charge is -2.05. The molecule has 0 unspecified atom stereocenters. The topological polar surface area (TPSA) is 89.7 Å². The molecule has 1 aromatic rings. The molecule has 0 atom stereocenters. The fraction of sp³-hybridized carbons (Fsp3) is 0.222. The summed E-state index contributed by atoms with van der Waals surface area (Å²) < 4.78 is 4.42. The lowest BCUT2D eigenvalue weighted by Crippen LogP contribution is -2.09. The quantitative estimate of drug-likeness (QED) is 0.455. The van der Waals surface area contributed by atoms with Crippen LogP contribution in [0.15, 0.2) is 18.2 Å².